The zero-order valence-corrected chi connectivity index (χ0v) is 13.1. The number of hydrogen-bond acceptors (Lipinski definition) is 5. The van der Waals surface area contributed by atoms with E-state index in [4.69, 9.17) is 0 Å². The molecule has 0 aliphatic rings. The molecule has 0 spiro atoms. The summed E-state index contributed by atoms with van der Waals surface area (Å²) in [5.74, 6) is -1.81. The van der Waals surface area contributed by atoms with E-state index in [2.05, 4.69) is 20.0 Å². The van der Waals surface area contributed by atoms with Gasteiger partial charge in [0.2, 0.25) is 0 Å². The Bertz CT molecular complexity index is 1020. The summed E-state index contributed by atoms with van der Waals surface area (Å²) < 4.78 is 61.8. The Morgan fingerprint density at radius 3 is 2.70 bits per heavy atom. The summed E-state index contributed by atoms with van der Waals surface area (Å²) in [5, 5.41) is 0. The van der Waals surface area contributed by atoms with Crippen molar-refractivity contribution in [1.29, 1.82) is 0 Å². The molecular weight excluding hydrogens is 344 g/mol. The third-order valence-electron chi connectivity index (χ3n) is 3.09. The maximum absolute atomic E-state index is 13.8. The molecule has 0 bridgehead atoms. The van der Waals surface area contributed by atoms with Crippen molar-refractivity contribution in [3.8, 4) is 0 Å². The van der Waals surface area contributed by atoms with E-state index < -0.39 is 26.6 Å². The highest BCUT2D eigenvalue weighted by Gasteiger charge is 2.22. The highest BCUT2D eigenvalue weighted by molar-refractivity contribution is 8.01. The van der Waals surface area contributed by atoms with E-state index in [9.17, 15) is 17.2 Å². The molecule has 0 radical (unpaired) electrons. The molecule has 0 fully saturated rings. The fourth-order valence-corrected chi connectivity index (χ4v) is 3.54. The molecule has 0 saturated carbocycles. The topological polar surface area (TPSA) is 72.0 Å². The van der Waals surface area contributed by atoms with Gasteiger partial charge in [0, 0.05) is 11.6 Å². The Labute approximate surface area is 134 Å². The summed E-state index contributed by atoms with van der Waals surface area (Å²) in [6, 6.07) is 7.39. The highest BCUT2D eigenvalue weighted by Crippen LogP contribution is 2.27. The highest BCUT2D eigenvalue weighted by atomic mass is 32.2. The van der Waals surface area contributed by atoms with Gasteiger partial charge >= 0.3 is 0 Å². The number of fused-ring (bicyclic) bond motifs is 1. The Balaban J connectivity index is 1.98. The van der Waals surface area contributed by atoms with Crippen LogP contribution in [0.25, 0.3) is 15.9 Å². The van der Waals surface area contributed by atoms with Crippen LogP contribution in [0.3, 0.4) is 0 Å². The summed E-state index contributed by atoms with van der Waals surface area (Å²) in [6.07, 6.45) is 0. The van der Waals surface area contributed by atoms with Gasteiger partial charge in [0.1, 0.15) is 22.7 Å². The summed E-state index contributed by atoms with van der Waals surface area (Å²) in [7, 11) is -4.14. The Kier molecular flexibility index (Phi) is 3.82. The summed E-state index contributed by atoms with van der Waals surface area (Å²) in [5.41, 5.74) is 0.824. The van der Waals surface area contributed by atoms with Crippen molar-refractivity contribution in [2.24, 2.45) is 0 Å². The monoisotopic (exact) mass is 353 g/mol. The second-order valence-electron chi connectivity index (χ2n) is 4.59. The van der Waals surface area contributed by atoms with Gasteiger partial charge < -0.3 is 0 Å². The van der Waals surface area contributed by atoms with Gasteiger partial charge in [0.15, 0.2) is 0 Å². The molecule has 1 heterocycles. The van der Waals surface area contributed by atoms with Crippen molar-refractivity contribution in [2.45, 2.75) is 0 Å². The van der Waals surface area contributed by atoms with Crippen LogP contribution < -0.4 is 4.72 Å². The van der Waals surface area contributed by atoms with Crippen LogP contribution in [0.2, 0.25) is 0 Å². The lowest BCUT2D eigenvalue weighted by atomic mass is 10.2. The smallest absolute Gasteiger partial charge is 0.262 e. The van der Waals surface area contributed by atoms with Crippen molar-refractivity contribution in [2.75, 3.05) is 4.72 Å². The molecule has 118 valence electrons. The van der Waals surface area contributed by atoms with Crippen molar-refractivity contribution in [3.05, 3.63) is 60.2 Å². The molecule has 3 rings (SSSR count). The zero-order valence-electron chi connectivity index (χ0n) is 11.5. The van der Waals surface area contributed by atoms with Crippen LogP contribution in [0.1, 0.15) is 5.56 Å². The molecule has 0 aliphatic carbocycles. The zero-order chi connectivity index (χ0) is 16.6. The van der Waals surface area contributed by atoms with E-state index in [-0.39, 0.29) is 11.3 Å². The van der Waals surface area contributed by atoms with Crippen LogP contribution >= 0.6 is 11.7 Å². The first kappa shape index (κ1) is 15.5. The number of anilines is 1. The van der Waals surface area contributed by atoms with E-state index in [0.29, 0.717) is 17.1 Å². The van der Waals surface area contributed by atoms with E-state index in [1.54, 1.807) is 12.1 Å². The minimum Gasteiger partial charge on any atom is -0.277 e. The van der Waals surface area contributed by atoms with E-state index >= 15 is 0 Å². The number of nitrogens with one attached hydrogen (secondary N) is 1. The van der Waals surface area contributed by atoms with Crippen molar-refractivity contribution < 1.29 is 17.2 Å². The van der Waals surface area contributed by atoms with Gasteiger partial charge in [-0.15, -0.1) is 0 Å². The molecule has 0 unspecified atom stereocenters. The minimum absolute atomic E-state index is 0.208. The minimum atomic E-state index is -4.14. The van der Waals surface area contributed by atoms with Gasteiger partial charge in [-0.05, 0) is 24.3 Å². The van der Waals surface area contributed by atoms with E-state index in [1.165, 1.54) is 6.07 Å². The van der Waals surface area contributed by atoms with Crippen LogP contribution in [0.5, 0.6) is 0 Å². The molecule has 3 aromatic rings. The molecular formula is C14H9F2N3O2S2. The number of sulfonamides is 1. The quantitative estimate of drug-likeness (QED) is 0.780. The summed E-state index contributed by atoms with van der Waals surface area (Å²) in [4.78, 5) is -0.504. The predicted octanol–water partition coefficient (Wildman–Crippen LogP) is 3.38. The lowest BCUT2D eigenvalue weighted by Gasteiger charge is -2.11. The third-order valence-corrected chi connectivity index (χ3v) is 4.99. The average molecular weight is 353 g/mol. The predicted molar refractivity (Wildman–Crippen MR) is 85.3 cm³/mol. The van der Waals surface area contributed by atoms with E-state index in [0.717, 1.165) is 23.9 Å². The molecule has 0 aliphatic heterocycles. The molecule has 1 N–H and O–H groups in total. The van der Waals surface area contributed by atoms with Gasteiger partial charge in [-0.2, -0.15) is 8.75 Å². The number of halogens is 2. The maximum atomic E-state index is 13.8. The lowest BCUT2D eigenvalue weighted by Crippen LogP contribution is -2.14. The third kappa shape index (κ3) is 2.92. The normalized spacial score (nSPS) is 11.6. The maximum Gasteiger partial charge on any atom is 0.262 e. The van der Waals surface area contributed by atoms with Crippen LogP contribution in [0.4, 0.5) is 14.5 Å². The molecule has 5 nitrogen and oxygen atoms in total. The number of nitrogens with zero attached hydrogens (tertiary/aromatic N) is 2. The molecule has 1 aromatic heterocycles. The second kappa shape index (κ2) is 5.67. The van der Waals surface area contributed by atoms with Gasteiger partial charge in [-0.1, -0.05) is 12.6 Å². The van der Waals surface area contributed by atoms with Crippen molar-refractivity contribution in [1.82, 2.24) is 8.75 Å². The van der Waals surface area contributed by atoms with E-state index in [1.807, 2.05) is 0 Å². The second-order valence-corrected chi connectivity index (χ2v) is 6.82. The molecule has 2 aromatic carbocycles. The Hall–Kier alpha value is -2.39. The summed E-state index contributed by atoms with van der Waals surface area (Å²) in [6.45, 7) is 3.40. The standard InChI is InChI=1S/C14H9F2N3O2S2/c1-8(10-6-5-9(15)7-11(10)16)23(20,21)19-13-4-2-3-12-14(13)18-22-17-12/h2-7,19H,1H2. The molecule has 0 saturated heterocycles. The molecule has 0 amide bonds. The first-order chi connectivity index (χ1) is 10.9. The largest absolute Gasteiger partial charge is 0.277 e. The lowest BCUT2D eigenvalue weighted by molar-refractivity contribution is 0.580. The molecule has 9 heteroatoms. The summed E-state index contributed by atoms with van der Waals surface area (Å²) >= 11 is 0.943. The number of aromatic nitrogens is 2. The van der Waals surface area contributed by atoms with Gasteiger partial charge in [-0.25, -0.2) is 17.2 Å². The van der Waals surface area contributed by atoms with Crippen LogP contribution in [0, 0.1) is 11.6 Å². The molecule has 0 atom stereocenters. The van der Waals surface area contributed by atoms with Crippen molar-refractivity contribution in [3.63, 3.8) is 0 Å². The first-order valence-corrected chi connectivity index (χ1v) is 8.48. The van der Waals surface area contributed by atoms with Crippen LogP contribution in [-0.2, 0) is 10.0 Å². The first-order valence-electron chi connectivity index (χ1n) is 6.27. The fraction of sp³-hybridized carbons (Fsp3) is 0. The number of benzene rings is 2. The van der Waals surface area contributed by atoms with Gasteiger partial charge in [0.25, 0.3) is 10.0 Å². The molecule has 23 heavy (non-hydrogen) atoms. The number of hydrogen-bond donors (Lipinski definition) is 1. The van der Waals surface area contributed by atoms with Crippen LogP contribution in [-0.4, -0.2) is 17.2 Å². The average Bonchev–Trinajstić information content (AvgIpc) is 2.96. The Morgan fingerprint density at radius 1 is 1.17 bits per heavy atom. The Morgan fingerprint density at radius 2 is 1.96 bits per heavy atom. The SMILES string of the molecule is C=C(c1ccc(F)cc1F)S(=O)(=O)Nc1cccc2nsnc12. The van der Waals surface area contributed by atoms with Gasteiger partial charge in [-0.3, -0.25) is 4.72 Å². The van der Waals surface area contributed by atoms with Gasteiger partial charge in [0.05, 0.1) is 22.3 Å². The van der Waals surface area contributed by atoms with Crippen LogP contribution in [0.15, 0.2) is 43.0 Å². The fourth-order valence-electron chi connectivity index (χ4n) is 1.96. The van der Waals surface area contributed by atoms with Crippen molar-refractivity contribution >= 4 is 43.4 Å². The number of rotatable bonds is 4.